The van der Waals surface area contributed by atoms with Crippen LogP contribution in [0, 0.1) is 6.92 Å². The standard InChI is InChI=1S/C11H12N2S/c1-8-3-5-9(6-4-8)11-13-7-10(12-2)14-11/h3-7,12H,1-2H3. The van der Waals surface area contributed by atoms with Crippen LogP contribution in [0.1, 0.15) is 5.56 Å². The van der Waals surface area contributed by atoms with Gasteiger partial charge in [-0.3, -0.25) is 0 Å². The molecule has 0 radical (unpaired) electrons. The van der Waals surface area contributed by atoms with E-state index < -0.39 is 0 Å². The molecule has 0 aliphatic rings. The second-order valence-corrected chi connectivity index (χ2v) is 4.18. The molecule has 72 valence electrons. The maximum absolute atomic E-state index is 4.34. The minimum Gasteiger partial charge on any atom is -0.379 e. The molecule has 2 rings (SSSR count). The lowest BCUT2D eigenvalue weighted by Gasteiger charge is -1.96. The Morgan fingerprint density at radius 2 is 1.93 bits per heavy atom. The van der Waals surface area contributed by atoms with E-state index >= 15 is 0 Å². The van der Waals surface area contributed by atoms with Crippen molar-refractivity contribution < 1.29 is 0 Å². The number of nitrogens with one attached hydrogen (secondary N) is 1. The Balaban J connectivity index is 2.34. The molecular formula is C11H12N2S. The fourth-order valence-corrected chi connectivity index (χ4v) is 1.99. The lowest BCUT2D eigenvalue weighted by atomic mass is 10.2. The number of hydrogen-bond acceptors (Lipinski definition) is 3. The van der Waals surface area contributed by atoms with Gasteiger partial charge in [-0.2, -0.15) is 0 Å². The topological polar surface area (TPSA) is 24.9 Å². The average Bonchev–Trinajstić information content (AvgIpc) is 2.67. The largest absolute Gasteiger partial charge is 0.379 e. The van der Waals surface area contributed by atoms with Gasteiger partial charge >= 0.3 is 0 Å². The fraction of sp³-hybridized carbons (Fsp3) is 0.182. The summed E-state index contributed by atoms with van der Waals surface area (Å²) in [5.41, 5.74) is 2.46. The Hall–Kier alpha value is -1.35. The Morgan fingerprint density at radius 3 is 2.50 bits per heavy atom. The van der Waals surface area contributed by atoms with Crippen LogP contribution in [0.15, 0.2) is 30.5 Å². The summed E-state index contributed by atoms with van der Waals surface area (Å²) in [5.74, 6) is 0. The number of hydrogen-bond donors (Lipinski definition) is 1. The van der Waals surface area contributed by atoms with E-state index in [-0.39, 0.29) is 0 Å². The molecule has 0 atom stereocenters. The molecule has 1 N–H and O–H groups in total. The first-order chi connectivity index (χ1) is 6.79. The van der Waals surface area contributed by atoms with Gasteiger partial charge in [0.1, 0.15) is 10.0 Å². The maximum atomic E-state index is 4.34. The van der Waals surface area contributed by atoms with E-state index in [2.05, 4.69) is 41.5 Å². The fourth-order valence-electron chi connectivity index (χ4n) is 1.22. The van der Waals surface area contributed by atoms with E-state index in [4.69, 9.17) is 0 Å². The Labute approximate surface area is 87.6 Å². The summed E-state index contributed by atoms with van der Waals surface area (Å²) < 4.78 is 0. The molecule has 0 saturated carbocycles. The second-order valence-electron chi connectivity index (χ2n) is 3.15. The van der Waals surface area contributed by atoms with Crippen LogP contribution in [-0.4, -0.2) is 12.0 Å². The van der Waals surface area contributed by atoms with Gasteiger partial charge in [0.25, 0.3) is 0 Å². The zero-order valence-corrected chi connectivity index (χ0v) is 9.06. The van der Waals surface area contributed by atoms with Crippen molar-refractivity contribution in [2.75, 3.05) is 12.4 Å². The molecule has 1 heterocycles. The first-order valence-electron chi connectivity index (χ1n) is 4.50. The lowest BCUT2D eigenvalue weighted by Crippen LogP contribution is -1.80. The number of nitrogens with zero attached hydrogens (tertiary/aromatic N) is 1. The highest BCUT2D eigenvalue weighted by Gasteiger charge is 2.02. The summed E-state index contributed by atoms with van der Waals surface area (Å²) in [6.45, 7) is 2.09. The van der Waals surface area contributed by atoms with Crippen molar-refractivity contribution in [3.8, 4) is 10.6 Å². The number of thiazole rings is 1. The SMILES string of the molecule is CNc1cnc(-c2ccc(C)cc2)s1. The second kappa shape index (κ2) is 3.80. The molecule has 0 unspecified atom stereocenters. The van der Waals surface area contributed by atoms with Crippen molar-refractivity contribution in [3.05, 3.63) is 36.0 Å². The van der Waals surface area contributed by atoms with Crippen LogP contribution < -0.4 is 5.32 Å². The van der Waals surface area contributed by atoms with Gasteiger partial charge in [0.2, 0.25) is 0 Å². The first-order valence-corrected chi connectivity index (χ1v) is 5.32. The molecule has 0 aliphatic heterocycles. The monoisotopic (exact) mass is 204 g/mol. The normalized spacial score (nSPS) is 10.1. The molecule has 14 heavy (non-hydrogen) atoms. The summed E-state index contributed by atoms with van der Waals surface area (Å²) in [4.78, 5) is 4.34. The van der Waals surface area contributed by atoms with E-state index in [0.29, 0.717) is 0 Å². The van der Waals surface area contributed by atoms with E-state index in [0.717, 1.165) is 10.0 Å². The van der Waals surface area contributed by atoms with Gasteiger partial charge < -0.3 is 5.32 Å². The number of aryl methyl sites for hydroxylation is 1. The molecule has 0 saturated heterocycles. The first kappa shape index (κ1) is 9.21. The summed E-state index contributed by atoms with van der Waals surface area (Å²) in [6, 6.07) is 8.42. The summed E-state index contributed by atoms with van der Waals surface area (Å²) >= 11 is 1.67. The highest BCUT2D eigenvalue weighted by Crippen LogP contribution is 2.27. The number of anilines is 1. The van der Waals surface area contributed by atoms with E-state index in [1.54, 1.807) is 11.3 Å². The third-order valence-corrected chi connectivity index (χ3v) is 3.11. The van der Waals surface area contributed by atoms with Crippen molar-refractivity contribution in [2.45, 2.75) is 6.92 Å². The van der Waals surface area contributed by atoms with Gasteiger partial charge in [-0.25, -0.2) is 4.98 Å². The Morgan fingerprint density at radius 1 is 1.21 bits per heavy atom. The predicted octanol–water partition coefficient (Wildman–Crippen LogP) is 3.16. The molecule has 2 nitrogen and oxygen atoms in total. The van der Waals surface area contributed by atoms with Gasteiger partial charge in [-0.05, 0) is 6.92 Å². The quantitative estimate of drug-likeness (QED) is 0.812. The molecule has 0 aliphatic carbocycles. The zero-order chi connectivity index (χ0) is 9.97. The Bertz CT molecular complexity index is 417. The number of rotatable bonds is 2. The van der Waals surface area contributed by atoms with E-state index in [9.17, 15) is 0 Å². The molecule has 0 fully saturated rings. The van der Waals surface area contributed by atoms with Crippen molar-refractivity contribution in [2.24, 2.45) is 0 Å². The number of aromatic nitrogens is 1. The van der Waals surface area contributed by atoms with Gasteiger partial charge in [-0.1, -0.05) is 41.2 Å². The molecule has 3 heteroatoms. The lowest BCUT2D eigenvalue weighted by molar-refractivity contribution is 1.39. The van der Waals surface area contributed by atoms with E-state index in [1.165, 1.54) is 11.1 Å². The van der Waals surface area contributed by atoms with Crippen molar-refractivity contribution in [1.29, 1.82) is 0 Å². The Kier molecular flexibility index (Phi) is 2.50. The smallest absolute Gasteiger partial charge is 0.125 e. The molecule has 0 spiro atoms. The van der Waals surface area contributed by atoms with Gasteiger partial charge in [0.15, 0.2) is 0 Å². The van der Waals surface area contributed by atoms with E-state index in [1.807, 2.05) is 13.2 Å². The van der Waals surface area contributed by atoms with Gasteiger partial charge in [0, 0.05) is 12.6 Å². The molecule has 1 aromatic heterocycles. The van der Waals surface area contributed by atoms with Crippen LogP contribution in [0.2, 0.25) is 0 Å². The zero-order valence-electron chi connectivity index (χ0n) is 8.24. The van der Waals surface area contributed by atoms with Gasteiger partial charge in [-0.15, -0.1) is 0 Å². The molecule has 0 amide bonds. The number of benzene rings is 1. The van der Waals surface area contributed by atoms with Crippen LogP contribution in [0.25, 0.3) is 10.6 Å². The van der Waals surface area contributed by atoms with Crippen LogP contribution in [0.5, 0.6) is 0 Å². The molecule has 0 bridgehead atoms. The summed E-state index contributed by atoms with van der Waals surface area (Å²) in [7, 11) is 1.91. The summed E-state index contributed by atoms with van der Waals surface area (Å²) in [5, 5.41) is 5.25. The third-order valence-electron chi connectivity index (χ3n) is 2.05. The van der Waals surface area contributed by atoms with Gasteiger partial charge in [0.05, 0.1) is 6.20 Å². The molecule has 1 aromatic carbocycles. The predicted molar refractivity (Wildman–Crippen MR) is 61.8 cm³/mol. The minimum atomic E-state index is 1.06. The minimum absolute atomic E-state index is 1.06. The molecule has 2 aromatic rings. The molecular weight excluding hydrogens is 192 g/mol. The van der Waals surface area contributed by atoms with Crippen LogP contribution >= 0.6 is 11.3 Å². The third kappa shape index (κ3) is 1.77. The van der Waals surface area contributed by atoms with Crippen LogP contribution in [0.3, 0.4) is 0 Å². The van der Waals surface area contributed by atoms with Crippen LogP contribution in [-0.2, 0) is 0 Å². The van der Waals surface area contributed by atoms with Crippen molar-refractivity contribution in [3.63, 3.8) is 0 Å². The highest BCUT2D eigenvalue weighted by molar-refractivity contribution is 7.18. The van der Waals surface area contributed by atoms with Crippen molar-refractivity contribution >= 4 is 16.3 Å². The van der Waals surface area contributed by atoms with Crippen LogP contribution in [0.4, 0.5) is 5.00 Å². The van der Waals surface area contributed by atoms with Crippen molar-refractivity contribution in [1.82, 2.24) is 4.98 Å². The highest BCUT2D eigenvalue weighted by atomic mass is 32.1. The maximum Gasteiger partial charge on any atom is 0.125 e. The summed E-state index contributed by atoms with van der Waals surface area (Å²) in [6.07, 6.45) is 1.86. The average molecular weight is 204 g/mol.